The minimum Gasteiger partial charge on any atom is -0.496 e. The third-order valence-electron chi connectivity index (χ3n) is 2.66. The summed E-state index contributed by atoms with van der Waals surface area (Å²) in [6, 6.07) is 12.0. The standard InChI is InChI=1S/C14H12Br3NO/c1-19-13-6-5-10(15)7-9(13)8-18-14-11(16)3-2-4-12(14)17/h2-7,18H,8H2,1H3. The van der Waals surface area contributed by atoms with E-state index in [1.165, 1.54) is 0 Å². The van der Waals surface area contributed by atoms with Gasteiger partial charge in [0.1, 0.15) is 5.75 Å². The van der Waals surface area contributed by atoms with Gasteiger partial charge in [-0.2, -0.15) is 0 Å². The van der Waals surface area contributed by atoms with Gasteiger partial charge in [0.2, 0.25) is 0 Å². The maximum absolute atomic E-state index is 5.36. The van der Waals surface area contributed by atoms with E-state index in [0.29, 0.717) is 6.54 Å². The number of hydrogen-bond donors (Lipinski definition) is 1. The van der Waals surface area contributed by atoms with Crippen LogP contribution in [0, 0.1) is 0 Å². The highest BCUT2D eigenvalue weighted by atomic mass is 79.9. The van der Waals surface area contributed by atoms with Crippen LogP contribution in [0.4, 0.5) is 5.69 Å². The van der Waals surface area contributed by atoms with Gasteiger partial charge in [-0.1, -0.05) is 22.0 Å². The van der Waals surface area contributed by atoms with Crippen LogP contribution >= 0.6 is 47.8 Å². The van der Waals surface area contributed by atoms with Gasteiger partial charge in [0, 0.05) is 25.5 Å². The molecule has 0 fully saturated rings. The molecular weight excluding hydrogens is 438 g/mol. The van der Waals surface area contributed by atoms with Crippen LogP contribution in [0.1, 0.15) is 5.56 Å². The molecule has 19 heavy (non-hydrogen) atoms. The molecule has 5 heteroatoms. The molecule has 0 saturated heterocycles. The lowest BCUT2D eigenvalue weighted by Gasteiger charge is -2.13. The van der Waals surface area contributed by atoms with Gasteiger partial charge in [-0.3, -0.25) is 0 Å². The van der Waals surface area contributed by atoms with Gasteiger partial charge in [-0.05, 0) is 62.2 Å². The largest absolute Gasteiger partial charge is 0.496 e. The second-order valence-electron chi connectivity index (χ2n) is 3.91. The maximum Gasteiger partial charge on any atom is 0.123 e. The first-order valence-electron chi connectivity index (χ1n) is 5.62. The van der Waals surface area contributed by atoms with Gasteiger partial charge in [0.05, 0.1) is 12.8 Å². The number of hydrogen-bond acceptors (Lipinski definition) is 2. The predicted molar refractivity (Wildman–Crippen MR) is 89.9 cm³/mol. The molecule has 2 aromatic rings. The van der Waals surface area contributed by atoms with Crippen molar-refractivity contribution in [3.05, 3.63) is 55.4 Å². The quantitative estimate of drug-likeness (QED) is 0.656. The minimum atomic E-state index is 0.684. The number of anilines is 1. The molecule has 0 saturated carbocycles. The third-order valence-corrected chi connectivity index (χ3v) is 4.48. The van der Waals surface area contributed by atoms with Crippen molar-refractivity contribution in [3.8, 4) is 5.75 Å². The molecule has 0 aliphatic heterocycles. The summed E-state index contributed by atoms with van der Waals surface area (Å²) in [5.74, 6) is 0.874. The number of methoxy groups -OCH3 is 1. The zero-order valence-corrected chi connectivity index (χ0v) is 15.0. The van der Waals surface area contributed by atoms with Crippen molar-refractivity contribution in [2.45, 2.75) is 6.54 Å². The van der Waals surface area contributed by atoms with Gasteiger partial charge >= 0.3 is 0 Å². The van der Waals surface area contributed by atoms with E-state index in [1.54, 1.807) is 7.11 Å². The Morgan fingerprint density at radius 3 is 2.37 bits per heavy atom. The van der Waals surface area contributed by atoms with E-state index in [1.807, 2.05) is 30.3 Å². The van der Waals surface area contributed by atoms with Crippen LogP contribution in [0.3, 0.4) is 0 Å². The molecule has 0 unspecified atom stereocenters. The molecule has 2 rings (SSSR count). The van der Waals surface area contributed by atoms with Crippen LogP contribution in [-0.2, 0) is 6.54 Å². The fourth-order valence-corrected chi connectivity index (χ4v) is 3.42. The normalized spacial score (nSPS) is 10.3. The molecule has 0 bridgehead atoms. The Bertz CT molecular complexity index is 567. The van der Waals surface area contributed by atoms with E-state index in [2.05, 4.69) is 59.2 Å². The lowest BCUT2D eigenvalue weighted by atomic mass is 10.2. The van der Waals surface area contributed by atoms with E-state index in [4.69, 9.17) is 4.74 Å². The van der Waals surface area contributed by atoms with Crippen LogP contribution in [0.15, 0.2) is 49.8 Å². The highest BCUT2D eigenvalue weighted by molar-refractivity contribution is 9.11. The Labute approximate surface area is 137 Å². The number of rotatable bonds is 4. The van der Waals surface area contributed by atoms with Gasteiger partial charge in [-0.15, -0.1) is 0 Å². The first kappa shape index (κ1) is 14.9. The molecule has 2 aromatic carbocycles. The Hall–Kier alpha value is -0.520. The van der Waals surface area contributed by atoms with Crippen molar-refractivity contribution in [2.75, 3.05) is 12.4 Å². The fourth-order valence-electron chi connectivity index (χ4n) is 1.74. The van der Waals surface area contributed by atoms with Crippen LogP contribution in [0.25, 0.3) is 0 Å². The molecule has 0 aromatic heterocycles. The number of halogens is 3. The summed E-state index contributed by atoms with van der Waals surface area (Å²) < 4.78 is 8.45. The molecule has 0 amide bonds. The first-order chi connectivity index (χ1) is 9.11. The summed E-state index contributed by atoms with van der Waals surface area (Å²) in [4.78, 5) is 0. The Kier molecular flexibility index (Phi) is 5.30. The van der Waals surface area contributed by atoms with E-state index in [0.717, 1.165) is 30.4 Å². The molecule has 2 nitrogen and oxygen atoms in total. The second kappa shape index (κ2) is 6.77. The van der Waals surface area contributed by atoms with Crippen molar-refractivity contribution in [1.82, 2.24) is 0 Å². The minimum absolute atomic E-state index is 0.684. The highest BCUT2D eigenvalue weighted by Gasteiger charge is 2.07. The SMILES string of the molecule is COc1ccc(Br)cc1CNc1c(Br)cccc1Br. The van der Waals surface area contributed by atoms with Gasteiger partial charge in [0.25, 0.3) is 0 Å². The third kappa shape index (κ3) is 3.74. The average Bonchev–Trinajstić information content (AvgIpc) is 2.38. The highest BCUT2D eigenvalue weighted by Crippen LogP contribution is 2.32. The Morgan fingerprint density at radius 1 is 1.05 bits per heavy atom. The van der Waals surface area contributed by atoms with Crippen LogP contribution in [-0.4, -0.2) is 7.11 Å². The molecule has 0 aliphatic rings. The fraction of sp³-hybridized carbons (Fsp3) is 0.143. The van der Waals surface area contributed by atoms with Crippen LogP contribution in [0.2, 0.25) is 0 Å². The molecule has 100 valence electrons. The van der Waals surface area contributed by atoms with Crippen molar-refractivity contribution in [3.63, 3.8) is 0 Å². The maximum atomic E-state index is 5.36. The summed E-state index contributed by atoms with van der Waals surface area (Å²) in [7, 11) is 1.68. The summed E-state index contributed by atoms with van der Waals surface area (Å²) in [5, 5.41) is 3.40. The zero-order valence-electron chi connectivity index (χ0n) is 10.2. The number of para-hydroxylation sites is 1. The smallest absolute Gasteiger partial charge is 0.123 e. The van der Waals surface area contributed by atoms with E-state index in [-0.39, 0.29) is 0 Å². The van der Waals surface area contributed by atoms with E-state index >= 15 is 0 Å². The molecule has 0 radical (unpaired) electrons. The number of benzene rings is 2. The molecule has 0 atom stereocenters. The van der Waals surface area contributed by atoms with Gasteiger partial charge in [0.15, 0.2) is 0 Å². The monoisotopic (exact) mass is 447 g/mol. The van der Waals surface area contributed by atoms with Crippen LogP contribution in [0.5, 0.6) is 5.75 Å². The van der Waals surface area contributed by atoms with Crippen molar-refractivity contribution >= 4 is 53.5 Å². The Balaban J connectivity index is 2.21. The van der Waals surface area contributed by atoms with Gasteiger partial charge in [-0.25, -0.2) is 0 Å². The van der Waals surface area contributed by atoms with Crippen molar-refractivity contribution in [2.24, 2.45) is 0 Å². The second-order valence-corrected chi connectivity index (χ2v) is 6.53. The lowest BCUT2D eigenvalue weighted by molar-refractivity contribution is 0.410. The lowest BCUT2D eigenvalue weighted by Crippen LogP contribution is -2.03. The summed E-state index contributed by atoms with van der Waals surface area (Å²) in [6.45, 7) is 0.684. The van der Waals surface area contributed by atoms with Crippen molar-refractivity contribution in [1.29, 1.82) is 0 Å². The summed E-state index contributed by atoms with van der Waals surface area (Å²) in [6.07, 6.45) is 0. The number of nitrogens with one attached hydrogen (secondary N) is 1. The predicted octanol–water partition coefficient (Wildman–Crippen LogP) is 5.59. The number of ether oxygens (including phenoxy) is 1. The van der Waals surface area contributed by atoms with E-state index in [9.17, 15) is 0 Å². The van der Waals surface area contributed by atoms with Crippen molar-refractivity contribution < 1.29 is 4.74 Å². The summed E-state index contributed by atoms with van der Waals surface area (Å²) in [5.41, 5.74) is 2.13. The molecule has 1 N–H and O–H groups in total. The molecule has 0 spiro atoms. The molecule has 0 aliphatic carbocycles. The summed E-state index contributed by atoms with van der Waals surface area (Å²) >= 11 is 10.6. The zero-order chi connectivity index (χ0) is 13.8. The molecule has 0 heterocycles. The molecular formula is C14H12Br3NO. The first-order valence-corrected chi connectivity index (χ1v) is 8.00. The Morgan fingerprint density at radius 2 is 1.74 bits per heavy atom. The van der Waals surface area contributed by atoms with Gasteiger partial charge < -0.3 is 10.1 Å². The van der Waals surface area contributed by atoms with E-state index < -0.39 is 0 Å². The average molecular weight is 450 g/mol. The van der Waals surface area contributed by atoms with Crippen LogP contribution < -0.4 is 10.1 Å². The topological polar surface area (TPSA) is 21.3 Å².